The first kappa shape index (κ1) is 30.9. The Morgan fingerprint density at radius 1 is 0.321 bits per heavy atom. The number of fused-ring (bicyclic) bond motifs is 14. The Kier molecular flexibility index (Phi) is 6.60. The van der Waals surface area contributed by atoms with Crippen LogP contribution in [0.5, 0.6) is 0 Å². The van der Waals surface area contributed by atoms with Crippen LogP contribution in [0.3, 0.4) is 0 Å². The van der Waals surface area contributed by atoms with Gasteiger partial charge in [-0.3, -0.25) is 15.0 Å². The molecule has 0 bridgehead atoms. The van der Waals surface area contributed by atoms with Gasteiger partial charge in [0.2, 0.25) is 0 Å². The highest BCUT2D eigenvalue weighted by Crippen LogP contribution is 2.43. The van der Waals surface area contributed by atoms with Crippen LogP contribution >= 0.6 is 0 Å². The van der Waals surface area contributed by atoms with E-state index in [1.54, 1.807) is 0 Å². The molecular weight excluding hydrogens is 681 g/mol. The fourth-order valence-corrected chi connectivity index (χ4v) is 8.95. The molecule has 0 fully saturated rings. The van der Waals surface area contributed by atoms with Gasteiger partial charge >= 0.3 is 0 Å². The summed E-state index contributed by atoms with van der Waals surface area (Å²) >= 11 is 0. The minimum absolute atomic E-state index is 0.920. The summed E-state index contributed by atoms with van der Waals surface area (Å²) in [6.45, 7) is 0. The molecule has 0 saturated carbocycles. The van der Waals surface area contributed by atoms with E-state index >= 15 is 0 Å². The minimum atomic E-state index is 0.920. The number of aromatic nitrogens is 4. The van der Waals surface area contributed by atoms with Gasteiger partial charge in [-0.25, -0.2) is 4.98 Å². The lowest BCUT2D eigenvalue weighted by Gasteiger charge is -2.16. The van der Waals surface area contributed by atoms with Crippen LogP contribution in [0.15, 0.2) is 182 Å². The van der Waals surface area contributed by atoms with Gasteiger partial charge in [-0.05, 0) is 91.5 Å². The highest BCUT2D eigenvalue weighted by molar-refractivity contribution is 6.33. The summed E-state index contributed by atoms with van der Waals surface area (Å²) in [4.78, 5) is 19.8. The number of benzene rings is 8. The first-order chi connectivity index (χ1) is 27.8. The number of hydrogen-bond acceptors (Lipinski definition) is 4. The number of hydrogen-bond donors (Lipinski definition) is 0. The van der Waals surface area contributed by atoms with Gasteiger partial charge in [0.15, 0.2) is 0 Å². The summed E-state index contributed by atoms with van der Waals surface area (Å²) in [7, 11) is 0. The molecule has 8 aromatic carbocycles. The zero-order valence-corrected chi connectivity index (χ0v) is 30.1. The van der Waals surface area contributed by atoms with Crippen LogP contribution in [0.2, 0.25) is 0 Å². The van der Waals surface area contributed by atoms with E-state index in [2.05, 4.69) is 163 Å². The van der Waals surface area contributed by atoms with E-state index in [9.17, 15) is 0 Å². The quantitative estimate of drug-likeness (QED) is 0.171. The van der Waals surface area contributed by atoms with Crippen LogP contribution in [0, 0.1) is 0 Å². The van der Waals surface area contributed by atoms with Gasteiger partial charge in [0.1, 0.15) is 0 Å². The monoisotopic (exact) mass is 710 g/mol. The molecule has 0 radical (unpaired) electrons. The van der Waals surface area contributed by atoms with Gasteiger partial charge in [-0.15, -0.1) is 0 Å². The predicted octanol–water partition coefficient (Wildman–Crippen LogP) is 13.5. The first-order valence-corrected chi connectivity index (χ1v) is 18.9. The number of rotatable bonds is 3. The second kappa shape index (κ2) is 12.0. The summed E-state index contributed by atoms with van der Waals surface area (Å²) in [5, 5.41) is 14.2. The van der Waals surface area contributed by atoms with E-state index in [1.807, 2.05) is 24.7 Å². The predicted molar refractivity (Wildman–Crippen MR) is 234 cm³/mol. The minimum Gasteiger partial charge on any atom is -0.256 e. The highest BCUT2D eigenvalue weighted by Gasteiger charge is 2.18. The van der Waals surface area contributed by atoms with E-state index in [0.717, 1.165) is 77.1 Å². The third-order valence-electron chi connectivity index (χ3n) is 11.5. The number of para-hydroxylation sites is 1. The Hall–Kier alpha value is -7.56. The molecule has 0 unspecified atom stereocenters. The van der Waals surface area contributed by atoms with E-state index < -0.39 is 0 Å². The molecule has 4 heterocycles. The Morgan fingerprint density at radius 2 is 1.05 bits per heavy atom. The van der Waals surface area contributed by atoms with Crippen LogP contribution in [0.1, 0.15) is 0 Å². The van der Waals surface area contributed by atoms with Crippen molar-refractivity contribution in [2.75, 3.05) is 0 Å². The Labute approximate surface area is 321 Å². The fraction of sp³-hybridized carbons (Fsp3) is 0. The summed E-state index contributed by atoms with van der Waals surface area (Å²) in [6, 6.07) is 58.6. The Bertz CT molecular complexity index is 3610. The lowest BCUT2D eigenvalue weighted by Crippen LogP contribution is -1.93. The van der Waals surface area contributed by atoms with E-state index in [-0.39, 0.29) is 0 Å². The molecule has 0 aliphatic heterocycles. The molecule has 12 aromatic rings. The molecule has 0 spiro atoms. The standard InChI is InChI=1S/C52H30N4/c1-3-14-41-39(12-1)40-13-2-4-15-42(40)49-48(41)44-16-5-6-17-47(44)56-50(49)35-10-7-9-32(27-35)36-29-45-37-21-19-33(28-34(37)20-23-46(45)55-30-36)38-24-26-54-52-43(38)22-18-31-11-8-25-53-51(31)52/h1-30H. The van der Waals surface area contributed by atoms with Gasteiger partial charge in [0.05, 0.1) is 27.8 Å². The summed E-state index contributed by atoms with van der Waals surface area (Å²) in [5.74, 6) is 0. The second-order valence-electron chi connectivity index (χ2n) is 14.6. The van der Waals surface area contributed by atoms with E-state index in [1.165, 1.54) is 43.1 Å². The highest BCUT2D eigenvalue weighted by atomic mass is 14.7. The molecular formula is C52H30N4. The third-order valence-corrected chi connectivity index (χ3v) is 11.5. The molecule has 0 aliphatic rings. The van der Waals surface area contributed by atoms with Gasteiger partial charge in [0, 0.05) is 62.0 Å². The molecule has 4 nitrogen and oxygen atoms in total. The molecule has 0 atom stereocenters. The lowest BCUT2D eigenvalue weighted by atomic mass is 9.89. The fourth-order valence-electron chi connectivity index (χ4n) is 8.95. The van der Waals surface area contributed by atoms with Crippen molar-refractivity contribution in [2.45, 2.75) is 0 Å². The van der Waals surface area contributed by atoms with E-state index in [4.69, 9.17) is 15.0 Å². The zero-order valence-electron chi connectivity index (χ0n) is 30.1. The van der Waals surface area contributed by atoms with Gasteiger partial charge in [0.25, 0.3) is 0 Å². The summed E-state index contributed by atoms with van der Waals surface area (Å²) < 4.78 is 0. The summed E-state index contributed by atoms with van der Waals surface area (Å²) in [5.41, 5.74) is 10.3. The second-order valence-corrected chi connectivity index (χ2v) is 14.6. The molecule has 0 amide bonds. The van der Waals surface area contributed by atoms with Crippen molar-refractivity contribution in [1.29, 1.82) is 0 Å². The average molecular weight is 711 g/mol. The van der Waals surface area contributed by atoms with Crippen molar-refractivity contribution in [3.8, 4) is 33.5 Å². The molecule has 0 saturated heterocycles. The molecule has 12 rings (SSSR count). The maximum atomic E-state index is 5.40. The maximum Gasteiger partial charge on any atom is 0.0970 e. The van der Waals surface area contributed by atoms with Gasteiger partial charge in [-0.1, -0.05) is 121 Å². The van der Waals surface area contributed by atoms with Crippen molar-refractivity contribution in [3.63, 3.8) is 0 Å². The SMILES string of the molecule is c1cc(-c2cnc3ccc4cc(-c5ccnc6c5ccc5cccnc56)ccc4c3c2)cc(-c2nc3ccccc3c3c4ccccc4c4ccccc4c23)c1. The molecule has 4 heteroatoms. The van der Waals surface area contributed by atoms with Crippen molar-refractivity contribution in [1.82, 2.24) is 19.9 Å². The van der Waals surface area contributed by atoms with Crippen LogP contribution in [-0.2, 0) is 0 Å². The summed E-state index contributed by atoms with van der Waals surface area (Å²) in [6.07, 6.45) is 5.72. The Morgan fingerprint density at radius 3 is 1.93 bits per heavy atom. The van der Waals surface area contributed by atoms with Gasteiger partial charge < -0.3 is 0 Å². The first-order valence-electron chi connectivity index (χ1n) is 18.9. The van der Waals surface area contributed by atoms with Crippen LogP contribution in [0.4, 0.5) is 0 Å². The number of pyridine rings is 4. The Balaban J connectivity index is 1.02. The molecule has 56 heavy (non-hydrogen) atoms. The normalized spacial score (nSPS) is 11.9. The number of nitrogens with zero attached hydrogens (tertiary/aromatic N) is 4. The van der Waals surface area contributed by atoms with Crippen LogP contribution in [0.25, 0.3) is 120 Å². The van der Waals surface area contributed by atoms with Crippen LogP contribution in [-0.4, -0.2) is 19.9 Å². The van der Waals surface area contributed by atoms with Crippen molar-refractivity contribution in [3.05, 3.63) is 182 Å². The molecule has 4 aromatic heterocycles. The largest absolute Gasteiger partial charge is 0.256 e. The third kappa shape index (κ3) is 4.60. The van der Waals surface area contributed by atoms with Crippen molar-refractivity contribution < 1.29 is 0 Å². The average Bonchev–Trinajstić information content (AvgIpc) is 3.28. The zero-order chi connectivity index (χ0) is 36.7. The molecule has 0 aliphatic carbocycles. The molecule has 258 valence electrons. The lowest BCUT2D eigenvalue weighted by molar-refractivity contribution is 1.37. The van der Waals surface area contributed by atoms with Crippen molar-refractivity contribution in [2.24, 2.45) is 0 Å². The topological polar surface area (TPSA) is 51.6 Å². The van der Waals surface area contributed by atoms with Gasteiger partial charge in [-0.2, -0.15) is 0 Å². The molecule has 0 N–H and O–H groups in total. The smallest absolute Gasteiger partial charge is 0.0970 e. The van der Waals surface area contributed by atoms with E-state index in [0.29, 0.717) is 0 Å². The van der Waals surface area contributed by atoms with Crippen LogP contribution < -0.4 is 0 Å². The van der Waals surface area contributed by atoms with Crippen molar-refractivity contribution >= 4 is 86.7 Å². The maximum absolute atomic E-state index is 5.40.